The first kappa shape index (κ1) is 34.9. The number of hydrogen-bond donors (Lipinski definition) is 0. The lowest BCUT2D eigenvalue weighted by Gasteiger charge is -2.47. The van der Waals surface area contributed by atoms with E-state index in [-0.39, 0.29) is 19.6 Å². The lowest BCUT2D eigenvalue weighted by molar-refractivity contribution is -0.323. The number of methoxy groups -OCH3 is 1. The van der Waals surface area contributed by atoms with Crippen molar-refractivity contribution < 1.29 is 71.5 Å². The van der Waals surface area contributed by atoms with Crippen LogP contribution in [0.2, 0.25) is 0 Å². The molecule has 2 aliphatic rings. The highest BCUT2D eigenvalue weighted by molar-refractivity contribution is 5.85. The van der Waals surface area contributed by atoms with Crippen LogP contribution in [0.15, 0.2) is 12.2 Å². The Morgan fingerprint density at radius 3 is 1.72 bits per heavy atom. The number of ether oxygens (including phenoxy) is 8. The Morgan fingerprint density at radius 2 is 1.23 bits per heavy atom. The van der Waals surface area contributed by atoms with Crippen molar-refractivity contribution in [1.29, 1.82) is 0 Å². The first-order chi connectivity index (χ1) is 20.2. The number of hydrogen-bond acceptors (Lipinski definition) is 15. The van der Waals surface area contributed by atoms with Crippen molar-refractivity contribution in [2.45, 2.75) is 90.9 Å². The maximum absolute atomic E-state index is 13.2. The van der Waals surface area contributed by atoms with Gasteiger partial charge < -0.3 is 37.9 Å². The SMILES string of the molecule is CCOC(=O)N1[C@@H](C(=O)OC)C=C[C@@H](O[C@@H]2O[C@H](CC(C)=O)[C@H](OC(C)=O)[C@H](OC(C)=O)[C@@H]2OC(C)=O)N1C(=O)OCC. The number of ketones is 1. The Labute approximate surface area is 247 Å². The summed E-state index contributed by atoms with van der Waals surface area (Å²) in [6.45, 7) is 7.11. The fourth-order valence-electron chi connectivity index (χ4n) is 4.34. The summed E-state index contributed by atoms with van der Waals surface area (Å²) in [5.41, 5.74) is 0. The summed E-state index contributed by atoms with van der Waals surface area (Å²) in [5.74, 6) is -3.91. The molecule has 0 unspecified atom stereocenters. The molecule has 0 aromatic carbocycles. The minimum atomic E-state index is -1.71. The summed E-state index contributed by atoms with van der Waals surface area (Å²) in [4.78, 5) is 87.0. The first-order valence-electron chi connectivity index (χ1n) is 13.3. The smallest absolute Gasteiger partial charge is 0.431 e. The van der Waals surface area contributed by atoms with Crippen LogP contribution in [0.3, 0.4) is 0 Å². The number of rotatable bonds is 10. The van der Waals surface area contributed by atoms with Crippen LogP contribution in [-0.2, 0) is 61.9 Å². The van der Waals surface area contributed by atoms with Crippen molar-refractivity contribution in [1.82, 2.24) is 10.0 Å². The molecule has 1 fully saturated rings. The molecule has 2 aliphatic heterocycles. The normalized spacial score (nSPS) is 26.5. The van der Waals surface area contributed by atoms with Gasteiger partial charge in [-0.1, -0.05) is 0 Å². The van der Waals surface area contributed by atoms with Gasteiger partial charge in [-0.3, -0.25) is 19.2 Å². The Kier molecular flexibility index (Phi) is 12.9. The highest BCUT2D eigenvalue weighted by Crippen LogP contribution is 2.33. The van der Waals surface area contributed by atoms with Crippen molar-refractivity contribution in [3.05, 3.63) is 12.2 Å². The van der Waals surface area contributed by atoms with Gasteiger partial charge in [-0.25, -0.2) is 14.4 Å². The Bertz CT molecular complexity index is 1110. The third-order valence-electron chi connectivity index (χ3n) is 5.81. The summed E-state index contributed by atoms with van der Waals surface area (Å²) in [6.07, 6.45) is -9.46. The zero-order valence-electron chi connectivity index (χ0n) is 24.8. The minimum absolute atomic E-state index is 0.135. The number of hydrazine groups is 1. The van der Waals surface area contributed by atoms with Crippen LogP contribution in [0.5, 0.6) is 0 Å². The number of esters is 4. The maximum Gasteiger partial charge on any atom is 0.431 e. The van der Waals surface area contributed by atoms with Gasteiger partial charge >= 0.3 is 36.1 Å². The lowest BCUT2D eigenvalue weighted by atomic mass is 9.94. The van der Waals surface area contributed by atoms with E-state index in [1.54, 1.807) is 0 Å². The highest BCUT2D eigenvalue weighted by atomic mass is 16.7. The van der Waals surface area contributed by atoms with Crippen LogP contribution in [0.4, 0.5) is 9.59 Å². The van der Waals surface area contributed by atoms with Crippen molar-refractivity contribution in [3.63, 3.8) is 0 Å². The van der Waals surface area contributed by atoms with Crippen LogP contribution in [-0.4, -0.2) is 115 Å². The third kappa shape index (κ3) is 9.12. The van der Waals surface area contributed by atoms with E-state index < -0.39 is 84.8 Å². The van der Waals surface area contributed by atoms with Crippen LogP contribution >= 0.6 is 0 Å². The van der Waals surface area contributed by atoms with Crippen LogP contribution < -0.4 is 0 Å². The Balaban J connectivity index is 2.67. The molecule has 2 heterocycles. The van der Waals surface area contributed by atoms with Gasteiger partial charge in [0.25, 0.3) is 0 Å². The van der Waals surface area contributed by atoms with Crippen molar-refractivity contribution >= 4 is 41.8 Å². The topological polar surface area (TPSA) is 200 Å². The van der Waals surface area contributed by atoms with Crippen LogP contribution in [0.25, 0.3) is 0 Å². The van der Waals surface area contributed by atoms with E-state index in [1.165, 1.54) is 32.9 Å². The number of carbonyl (C=O) groups is 7. The zero-order chi connectivity index (χ0) is 32.4. The molecule has 43 heavy (non-hydrogen) atoms. The van der Waals surface area contributed by atoms with E-state index in [4.69, 9.17) is 37.9 Å². The van der Waals surface area contributed by atoms with E-state index in [9.17, 15) is 33.6 Å². The molecular weight excluding hydrogens is 580 g/mol. The first-order valence-corrected chi connectivity index (χ1v) is 13.3. The van der Waals surface area contributed by atoms with Gasteiger partial charge in [0.2, 0.25) is 6.29 Å². The molecular formula is C26H36N2O15. The molecule has 0 bridgehead atoms. The van der Waals surface area contributed by atoms with Gasteiger partial charge in [-0.05, 0) is 32.9 Å². The molecule has 2 rings (SSSR count). The lowest BCUT2D eigenvalue weighted by Crippen LogP contribution is -2.66. The van der Waals surface area contributed by atoms with E-state index in [1.807, 2.05) is 0 Å². The predicted octanol–water partition coefficient (Wildman–Crippen LogP) is 0.772. The molecule has 17 nitrogen and oxygen atoms in total. The number of amides is 2. The molecule has 0 aromatic rings. The second-order valence-corrected chi connectivity index (χ2v) is 9.14. The largest absolute Gasteiger partial charge is 0.467 e. The van der Waals surface area contributed by atoms with Crippen LogP contribution in [0.1, 0.15) is 48.0 Å². The minimum Gasteiger partial charge on any atom is -0.467 e. The van der Waals surface area contributed by atoms with Gasteiger partial charge in [0.05, 0.1) is 20.3 Å². The van der Waals surface area contributed by atoms with Crippen molar-refractivity contribution in [2.75, 3.05) is 20.3 Å². The standard InChI is InChI=1S/C26H36N2O15/c1-8-37-25(34)27-17(23(33)36-7)10-11-19(28(27)26(35)38-9-2)43-24-22(41-16(6)32)21(40-15(5)31)20(39-14(4)30)18(42-24)12-13(3)29/h10-11,17-22,24H,8-9,12H2,1-7H3/t17-,18-,19-,20+,21+,22+,24+/m1/s1. The monoisotopic (exact) mass is 616 g/mol. The molecule has 240 valence electrons. The van der Waals surface area contributed by atoms with Gasteiger partial charge in [-0.15, -0.1) is 0 Å². The second kappa shape index (κ2) is 15.8. The quantitative estimate of drug-likeness (QED) is 0.189. The summed E-state index contributed by atoms with van der Waals surface area (Å²) >= 11 is 0. The Morgan fingerprint density at radius 1 is 0.721 bits per heavy atom. The van der Waals surface area contributed by atoms with E-state index in [0.29, 0.717) is 10.0 Å². The van der Waals surface area contributed by atoms with Gasteiger partial charge in [0.15, 0.2) is 30.6 Å². The number of Topliss-reactive ketones (excluding diaryl/α,β-unsaturated/α-hetero) is 1. The molecule has 0 saturated carbocycles. The van der Waals surface area contributed by atoms with E-state index in [0.717, 1.165) is 27.9 Å². The predicted molar refractivity (Wildman–Crippen MR) is 138 cm³/mol. The molecule has 0 aromatic heterocycles. The Hall–Kier alpha value is -4.25. The fourth-order valence-corrected chi connectivity index (χ4v) is 4.34. The van der Waals surface area contributed by atoms with Gasteiger partial charge in [0, 0.05) is 27.2 Å². The zero-order valence-corrected chi connectivity index (χ0v) is 24.8. The molecule has 17 heteroatoms. The maximum atomic E-state index is 13.2. The summed E-state index contributed by atoms with van der Waals surface area (Å²) in [6, 6.07) is -1.49. The van der Waals surface area contributed by atoms with E-state index >= 15 is 0 Å². The summed E-state index contributed by atoms with van der Waals surface area (Å²) in [7, 11) is 1.07. The summed E-state index contributed by atoms with van der Waals surface area (Å²) in [5, 5.41) is 1.23. The highest BCUT2D eigenvalue weighted by Gasteiger charge is 2.54. The molecule has 1 saturated heterocycles. The van der Waals surface area contributed by atoms with Gasteiger partial charge in [-0.2, -0.15) is 10.0 Å². The average molecular weight is 617 g/mol. The molecule has 0 aliphatic carbocycles. The van der Waals surface area contributed by atoms with Crippen LogP contribution in [0, 0.1) is 0 Å². The molecule has 0 spiro atoms. The number of carbonyl (C=O) groups excluding carboxylic acids is 7. The van der Waals surface area contributed by atoms with Crippen molar-refractivity contribution in [2.24, 2.45) is 0 Å². The van der Waals surface area contributed by atoms with Gasteiger partial charge in [0.1, 0.15) is 11.9 Å². The molecule has 7 atom stereocenters. The number of nitrogens with zero attached hydrogens (tertiary/aromatic N) is 2. The third-order valence-corrected chi connectivity index (χ3v) is 5.81. The molecule has 0 radical (unpaired) electrons. The molecule has 2 amide bonds. The summed E-state index contributed by atoms with van der Waals surface area (Å²) < 4.78 is 42.9. The fraction of sp³-hybridized carbons (Fsp3) is 0.654. The average Bonchev–Trinajstić information content (AvgIpc) is 2.91. The second-order valence-electron chi connectivity index (χ2n) is 9.14. The molecule has 0 N–H and O–H groups in total. The van der Waals surface area contributed by atoms with Crippen molar-refractivity contribution in [3.8, 4) is 0 Å². The van der Waals surface area contributed by atoms with E-state index in [2.05, 4.69) is 0 Å².